The Kier molecular flexibility index (Phi) is 4.55. The molecule has 1 heterocycles. The standard InChI is InChI=1S/C15H17Cl2N5/c16-9-5-6-12(11(17)7-9)22-15-13(18)14(19-8-20-15)21-10-3-1-2-4-10/h5-8,10H,1-4,18H2,(H2,19,20,21,22). The lowest BCUT2D eigenvalue weighted by atomic mass is 10.2. The minimum absolute atomic E-state index is 0.434. The van der Waals surface area contributed by atoms with Gasteiger partial charge < -0.3 is 16.4 Å². The third kappa shape index (κ3) is 3.36. The zero-order chi connectivity index (χ0) is 15.5. The van der Waals surface area contributed by atoms with E-state index in [9.17, 15) is 0 Å². The predicted molar refractivity (Wildman–Crippen MR) is 92.1 cm³/mol. The van der Waals surface area contributed by atoms with E-state index in [0.717, 1.165) is 12.8 Å². The van der Waals surface area contributed by atoms with Gasteiger partial charge >= 0.3 is 0 Å². The number of nitrogen functional groups attached to an aromatic ring is 1. The Hall–Kier alpha value is -1.72. The molecule has 1 fully saturated rings. The Morgan fingerprint density at radius 1 is 1.09 bits per heavy atom. The number of aromatic nitrogens is 2. The molecule has 22 heavy (non-hydrogen) atoms. The quantitative estimate of drug-likeness (QED) is 0.767. The van der Waals surface area contributed by atoms with Gasteiger partial charge in [0, 0.05) is 11.1 Å². The van der Waals surface area contributed by atoms with Crippen molar-refractivity contribution < 1.29 is 0 Å². The molecule has 0 spiro atoms. The third-order valence-corrected chi connectivity index (χ3v) is 4.31. The van der Waals surface area contributed by atoms with Crippen LogP contribution in [0, 0.1) is 0 Å². The SMILES string of the molecule is Nc1c(Nc2ccc(Cl)cc2Cl)ncnc1NC1CCCC1. The molecule has 0 radical (unpaired) electrons. The van der Waals surface area contributed by atoms with Gasteiger partial charge in [0.1, 0.15) is 12.0 Å². The van der Waals surface area contributed by atoms with Gasteiger partial charge in [-0.2, -0.15) is 0 Å². The van der Waals surface area contributed by atoms with Crippen LogP contribution < -0.4 is 16.4 Å². The summed E-state index contributed by atoms with van der Waals surface area (Å²) in [6, 6.07) is 5.64. The van der Waals surface area contributed by atoms with Crippen LogP contribution in [0.4, 0.5) is 23.0 Å². The predicted octanol–water partition coefficient (Wildman–Crippen LogP) is 4.46. The molecule has 3 rings (SSSR count). The first-order valence-electron chi connectivity index (χ1n) is 7.22. The molecule has 1 aliphatic rings. The van der Waals surface area contributed by atoms with Gasteiger partial charge in [0.25, 0.3) is 0 Å². The van der Waals surface area contributed by atoms with E-state index in [1.165, 1.54) is 19.2 Å². The fraction of sp³-hybridized carbons (Fsp3) is 0.333. The lowest BCUT2D eigenvalue weighted by Crippen LogP contribution is -2.17. The molecule has 0 aliphatic heterocycles. The minimum atomic E-state index is 0.434. The zero-order valence-electron chi connectivity index (χ0n) is 11.9. The second-order valence-corrected chi connectivity index (χ2v) is 6.20. The Morgan fingerprint density at radius 2 is 1.82 bits per heavy atom. The zero-order valence-corrected chi connectivity index (χ0v) is 13.5. The number of benzene rings is 1. The minimum Gasteiger partial charge on any atom is -0.393 e. The van der Waals surface area contributed by atoms with Crippen LogP contribution in [-0.4, -0.2) is 16.0 Å². The maximum absolute atomic E-state index is 6.17. The molecule has 1 aromatic carbocycles. The third-order valence-electron chi connectivity index (χ3n) is 3.76. The van der Waals surface area contributed by atoms with Gasteiger partial charge in [0.15, 0.2) is 11.6 Å². The number of halogens is 2. The first-order chi connectivity index (χ1) is 10.6. The van der Waals surface area contributed by atoms with E-state index in [-0.39, 0.29) is 0 Å². The number of hydrogen-bond acceptors (Lipinski definition) is 5. The fourth-order valence-electron chi connectivity index (χ4n) is 2.59. The maximum Gasteiger partial charge on any atom is 0.159 e. The summed E-state index contributed by atoms with van der Waals surface area (Å²) >= 11 is 12.1. The maximum atomic E-state index is 6.17. The van der Waals surface area contributed by atoms with Crippen LogP contribution in [0.15, 0.2) is 24.5 Å². The molecule has 0 bridgehead atoms. The molecule has 7 heteroatoms. The van der Waals surface area contributed by atoms with Crippen LogP contribution in [-0.2, 0) is 0 Å². The van der Waals surface area contributed by atoms with E-state index in [2.05, 4.69) is 20.6 Å². The highest BCUT2D eigenvalue weighted by molar-refractivity contribution is 6.36. The van der Waals surface area contributed by atoms with Crippen molar-refractivity contribution in [1.82, 2.24) is 9.97 Å². The Balaban J connectivity index is 1.81. The molecular formula is C15H17Cl2N5. The summed E-state index contributed by atoms with van der Waals surface area (Å²) in [6.45, 7) is 0. The van der Waals surface area contributed by atoms with Crippen molar-refractivity contribution in [2.75, 3.05) is 16.4 Å². The summed E-state index contributed by atoms with van der Waals surface area (Å²) in [5.74, 6) is 1.19. The summed E-state index contributed by atoms with van der Waals surface area (Å²) < 4.78 is 0. The Morgan fingerprint density at radius 3 is 2.55 bits per heavy atom. The summed E-state index contributed by atoms with van der Waals surface area (Å²) in [6.07, 6.45) is 6.27. The molecular weight excluding hydrogens is 321 g/mol. The van der Waals surface area contributed by atoms with Gasteiger partial charge in [0.2, 0.25) is 0 Å². The Labute approximate surface area is 139 Å². The molecule has 1 aromatic heterocycles. The molecule has 2 aromatic rings. The molecule has 5 nitrogen and oxygen atoms in total. The van der Waals surface area contributed by atoms with Gasteiger partial charge in [-0.3, -0.25) is 0 Å². The second-order valence-electron chi connectivity index (χ2n) is 5.36. The highest BCUT2D eigenvalue weighted by atomic mass is 35.5. The van der Waals surface area contributed by atoms with Crippen molar-refractivity contribution in [3.8, 4) is 0 Å². The smallest absolute Gasteiger partial charge is 0.159 e. The molecule has 1 aliphatic carbocycles. The summed E-state index contributed by atoms with van der Waals surface area (Å²) in [5.41, 5.74) is 7.35. The fourth-order valence-corrected chi connectivity index (χ4v) is 3.05. The first-order valence-corrected chi connectivity index (χ1v) is 7.98. The highest BCUT2D eigenvalue weighted by Crippen LogP contribution is 2.32. The van der Waals surface area contributed by atoms with Gasteiger partial charge in [-0.15, -0.1) is 0 Å². The van der Waals surface area contributed by atoms with Crippen molar-refractivity contribution in [3.05, 3.63) is 34.6 Å². The lowest BCUT2D eigenvalue weighted by molar-refractivity contribution is 0.750. The van der Waals surface area contributed by atoms with Crippen molar-refractivity contribution in [2.45, 2.75) is 31.7 Å². The van der Waals surface area contributed by atoms with E-state index in [0.29, 0.717) is 39.1 Å². The normalized spacial score (nSPS) is 15.0. The summed E-state index contributed by atoms with van der Waals surface area (Å²) in [4.78, 5) is 8.43. The van der Waals surface area contributed by atoms with Crippen LogP contribution in [0.5, 0.6) is 0 Å². The molecule has 116 valence electrons. The molecule has 0 saturated heterocycles. The van der Waals surface area contributed by atoms with Crippen LogP contribution in [0.25, 0.3) is 0 Å². The van der Waals surface area contributed by atoms with E-state index >= 15 is 0 Å². The number of nitrogens with two attached hydrogens (primary N) is 1. The van der Waals surface area contributed by atoms with E-state index in [1.807, 2.05) is 0 Å². The van der Waals surface area contributed by atoms with Gasteiger partial charge in [-0.1, -0.05) is 36.0 Å². The Bertz CT molecular complexity index is 671. The van der Waals surface area contributed by atoms with E-state index in [1.54, 1.807) is 18.2 Å². The van der Waals surface area contributed by atoms with Crippen LogP contribution in [0.1, 0.15) is 25.7 Å². The molecule has 1 saturated carbocycles. The van der Waals surface area contributed by atoms with Crippen molar-refractivity contribution in [2.24, 2.45) is 0 Å². The molecule has 4 N–H and O–H groups in total. The molecule has 0 unspecified atom stereocenters. The van der Waals surface area contributed by atoms with Crippen LogP contribution in [0.2, 0.25) is 10.0 Å². The summed E-state index contributed by atoms with van der Waals surface area (Å²) in [5, 5.41) is 7.60. The van der Waals surface area contributed by atoms with E-state index in [4.69, 9.17) is 28.9 Å². The van der Waals surface area contributed by atoms with Crippen LogP contribution >= 0.6 is 23.2 Å². The van der Waals surface area contributed by atoms with Gasteiger partial charge in [-0.25, -0.2) is 9.97 Å². The van der Waals surface area contributed by atoms with Gasteiger partial charge in [-0.05, 0) is 31.0 Å². The van der Waals surface area contributed by atoms with Crippen molar-refractivity contribution >= 4 is 46.2 Å². The number of nitrogens with zero attached hydrogens (tertiary/aromatic N) is 2. The van der Waals surface area contributed by atoms with E-state index < -0.39 is 0 Å². The lowest BCUT2D eigenvalue weighted by Gasteiger charge is -2.16. The number of anilines is 4. The van der Waals surface area contributed by atoms with Crippen molar-refractivity contribution in [3.63, 3.8) is 0 Å². The highest BCUT2D eigenvalue weighted by Gasteiger charge is 2.17. The second kappa shape index (κ2) is 6.58. The molecule has 0 amide bonds. The topological polar surface area (TPSA) is 75.9 Å². The monoisotopic (exact) mass is 337 g/mol. The largest absolute Gasteiger partial charge is 0.393 e. The van der Waals surface area contributed by atoms with Gasteiger partial charge in [0.05, 0.1) is 10.7 Å². The average Bonchev–Trinajstić information content (AvgIpc) is 2.99. The molecule has 0 atom stereocenters. The first kappa shape index (κ1) is 15.2. The number of nitrogens with one attached hydrogen (secondary N) is 2. The van der Waals surface area contributed by atoms with Crippen molar-refractivity contribution in [1.29, 1.82) is 0 Å². The van der Waals surface area contributed by atoms with Crippen LogP contribution in [0.3, 0.4) is 0 Å². The summed E-state index contributed by atoms with van der Waals surface area (Å²) in [7, 11) is 0. The number of hydrogen-bond donors (Lipinski definition) is 3. The average molecular weight is 338 g/mol. The number of rotatable bonds is 4.